The Balaban J connectivity index is 1.30. The van der Waals surface area contributed by atoms with Crippen molar-refractivity contribution in [1.82, 2.24) is 15.0 Å². The van der Waals surface area contributed by atoms with E-state index in [4.69, 9.17) is 16.6 Å². The number of nitrogens with zero attached hydrogens (tertiary/aromatic N) is 3. The number of allylic oxidation sites excluding steroid dienone is 5. The molecule has 0 radical (unpaired) electrons. The fraction of sp³-hybridized carbons (Fsp3) is 0.0714. The third-order valence-electron chi connectivity index (χ3n) is 9.18. The molecule has 220 valence electrons. The summed E-state index contributed by atoms with van der Waals surface area (Å²) in [6.07, 6.45) is 6.17. The van der Waals surface area contributed by atoms with Crippen molar-refractivity contribution in [3.8, 4) is 45.0 Å². The molecule has 0 bridgehead atoms. The van der Waals surface area contributed by atoms with E-state index in [2.05, 4.69) is 132 Å². The number of halogens is 1. The zero-order chi connectivity index (χ0) is 31.4. The highest BCUT2D eigenvalue weighted by atomic mass is 35.5. The second-order valence-electron chi connectivity index (χ2n) is 11.9. The Kier molecular flexibility index (Phi) is 6.66. The molecule has 6 aromatic rings. The third kappa shape index (κ3) is 4.23. The molecule has 0 unspecified atom stereocenters. The first-order valence-corrected chi connectivity index (χ1v) is 15.8. The van der Waals surface area contributed by atoms with Gasteiger partial charge in [0.1, 0.15) is 0 Å². The first-order valence-electron chi connectivity index (χ1n) is 15.5. The van der Waals surface area contributed by atoms with Crippen LogP contribution < -0.4 is 0 Å². The minimum absolute atomic E-state index is 0.161. The van der Waals surface area contributed by atoms with Gasteiger partial charge in [0.05, 0.1) is 5.41 Å². The quantitative estimate of drug-likeness (QED) is 0.182. The Morgan fingerprint density at radius 3 is 1.72 bits per heavy atom. The van der Waals surface area contributed by atoms with E-state index < -0.39 is 5.41 Å². The normalized spacial score (nSPS) is 13.8. The van der Waals surface area contributed by atoms with Crippen LogP contribution >= 0.6 is 11.6 Å². The van der Waals surface area contributed by atoms with E-state index in [9.17, 15) is 0 Å². The Bertz CT molecular complexity index is 2210. The molecule has 0 aliphatic heterocycles. The van der Waals surface area contributed by atoms with Crippen LogP contribution in [0.4, 0.5) is 0 Å². The lowest BCUT2D eigenvalue weighted by Gasteiger charge is -2.30. The van der Waals surface area contributed by atoms with Crippen LogP contribution in [0.2, 0.25) is 5.28 Å². The molecule has 2 aliphatic carbocycles. The van der Waals surface area contributed by atoms with Crippen molar-refractivity contribution in [2.24, 2.45) is 0 Å². The maximum Gasteiger partial charge on any atom is 0.226 e. The van der Waals surface area contributed by atoms with Gasteiger partial charge in [-0.3, -0.25) is 0 Å². The van der Waals surface area contributed by atoms with Crippen molar-refractivity contribution >= 4 is 17.2 Å². The topological polar surface area (TPSA) is 38.7 Å². The molecule has 1 aromatic heterocycles. The molecular weight excluding hydrogens is 582 g/mol. The number of aromatic nitrogens is 3. The van der Waals surface area contributed by atoms with Gasteiger partial charge in [-0.2, -0.15) is 9.97 Å². The summed E-state index contributed by atoms with van der Waals surface area (Å²) >= 11 is 6.61. The van der Waals surface area contributed by atoms with Crippen molar-refractivity contribution in [3.05, 3.63) is 179 Å². The fourth-order valence-corrected chi connectivity index (χ4v) is 7.43. The van der Waals surface area contributed by atoms with Crippen molar-refractivity contribution in [1.29, 1.82) is 0 Å². The van der Waals surface area contributed by atoms with Crippen LogP contribution in [-0.2, 0) is 5.41 Å². The maximum absolute atomic E-state index is 6.61. The summed E-state index contributed by atoms with van der Waals surface area (Å²) in [5.41, 5.74) is 14.6. The molecule has 1 heterocycles. The van der Waals surface area contributed by atoms with E-state index in [1.165, 1.54) is 44.5 Å². The summed E-state index contributed by atoms with van der Waals surface area (Å²) in [4.78, 5) is 14.2. The van der Waals surface area contributed by atoms with Crippen molar-refractivity contribution in [3.63, 3.8) is 0 Å². The van der Waals surface area contributed by atoms with Crippen LogP contribution in [0, 0.1) is 0 Å². The molecule has 0 fully saturated rings. The van der Waals surface area contributed by atoms with Crippen LogP contribution in [0.3, 0.4) is 0 Å². The first kappa shape index (κ1) is 28.1. The zero-order valence-electron chi connectivity index (χ0n) is 25.6. The summed E-state index contributed by atoms with van der Waals surface area (Å²) in [6, 6.07) is 41.2. The molecule has 0 atom stereocenters. The molecular formula is C42H30ClN3. The van der Waals surface area contributed by atoms with Gasteiger partial charge >= 0.3 is 0 Å². The molecule has 0 amide bonds. The predicted octanol–water partition coefficient (Wildman–Crippen LogP) is 10.7. The summed E-state index contributed by atoms with van der Waals surface area (Å²) < 4.78 is 0. The largest absolute Gasteiger partial charge is 0.226 e. The van der Waals surface area contributed by atoms with Crippen molar-refractivity contribution < 1.29 is 0 Å². The lowest BCUT2D eigenvalue weighted by Crippen LogP contribution is -2.25. The van der Waals surface area contributed by atoms with E-state index >= 15 is 0 Å². The Morgan fingerprint density at radius 2 is 1.15 bits per heavy atom. The van der Waals surface area contributed by atoms with Gasteiger partial charge < -0.3 is 0 Å². The van der Waals surface area contributed by atoms with Gasteiger partial charge in [-0.1, -0.05) is 134 Å². The average molecular weight is 612 g/mol. The summed E-state index contributed by atoms with van der Waals surface area (Å²) in [6.45, 7) is 8.01. The molecule has 0 saturated heterocycles. The highest BCUT2D eigenvalue weighted by Crippen LogP contribution is 2.62. The maximum atomic E-state index is 6.61. The molecule has 3 nitrogen and oxygen atoms in total. The molecule has 8 rings (SSSR count). The minimum Gasteiger partial charge on any atom is -0.208 e. The van der Waals surface area contributed by atoms with Crippen molar-refractivity contribution in [2.75, 3.05) is 0 Å². The van der Waals surface area contributed by atoms with E-state index in [-0.39, 0.29) is 5.28 Å². The summed E-state index contributed by atoms with van der Waals surface area (Å²) in [7, 11) is 0. The zero-order valence-corrected chi connectivity index (χ0v) is 26.4. The highest BCUT2D eigenvalue weighted by molar-refractivity contribution is 6.28. The van der Waals surface area contributed by atoms with E-state index in [1.807, 2.05) is 32.1 Å². The summed E-state index contributed by atoms with van der Waals surface area (Å²) in [5, 5.41) is 0.161. The molecule has 5 aromatic carbocycles. The second kappa shape index (κ2) is 10.9. The average Bonchev–Trinajstić information content (AvgIpc) is 3.55. The van der Waals surface area contributed by atoms with Crippen LogP contribution in [0.25, 0.3) is 50.6 Å². The smallest absolute Gasteiger partial charge is 0.208 e. The van der Waals surface area contributed by atoms with Gasteiger partial charge in [0, 0.05) is 11.1 Å². The van der Waals surface area contributed by atoms with Gasteiger partial charge in [0.15, 0.2) is 11.6 Å². The Morgan fingerprint density at radius 1 is 0.609 bits per heavy atom. The number of hydrogen-bond donors (Lipinski definition) is 0. The van der Waals surface area contributed by atoms with Gasteiger partial charge in [-0.25, -0.2) is 4.98 Å². The standard InChI is InChI=1S/C42H30ClN3/c1-4-27(21-20-26(2)3)28-12-11-13-29(24-28)39-44-40(46-41(43)45-39)30-22-23-34-33-16-7-10-19-37(33)42(38(34)25-30)35-17-8-5-14-31(35)32-15-6-9-18-36(32)42/h4-25H,2H2,1,3H3. The second-order valence-corrected chi connectivity index (χ2v) is 12.2. The van der Waals surface area contributed by atoms with Crippen LogP contribution in [-0.4, -0.2) is 15.0 Å². The summed E-state index contributed by atoms with van der Waals surface area (Å²) in [5.74, 6) is 1.08. The lowest BCUT2D eigenvalue weighted by molar-refractivity contribution is 0.794. The number of hydrogen-bond acceptors (Lipinski definition) is 3. The highest BCUT2D eigenvalue weighted by Gasteiger charge is 2.51. The van der Waals surface area contributed by atoms with Crippen LogP contribution in [0.1, 0.15) is 41.7 Å². The Hall–Kier alpha value is -5.38. The van der Waals surface area contributed by atoms with E-state index in [0.717, 1.165) is 27.8 Å². The number of rotatable bonds is 5. The molecule has 0 saturated carbocycles. The van der Waals surface area contributed by atoms with Crippen LogP contribution in [0.15, 0.2) is 146 Å². The molecule has 46 heavy (non-hydrogen) atoms. The van der Waals surface area contributed by atoms with Gasteiger partial charge in [-0.15, -0.1) is 0 Å². The molecule has 4 heteroatoms. The fourth-order valence-electron chi connectivity index (χ4n) is 7.27. The number of benzene rings is 5. The van der Waals surface area contributed by atoms with E-state index in [1.54, 1.807) is 0 Å². The minimum atomic E-state index is -0.441. The first-order chi connectivity index (χ1) is 22.5. The third-order valence-corrected chi connectivity index (χ3v) is 9.35. The van der Waals surface area contributed by atoms with Gasteiger partial charge in [0.25, 0.3) is 0 Å². The van der Waals surface area contributed by atoms with Gasteiger partial charge in [-0.05, 0) is 93.2 Å². The Labute approximate surface area is 274 Å². The molecule has 2 aliphatic rings. The number of fused-ring (bicyclic) bond motifs is 10. The van der Waals surface area contributed by atoms with Crippen molar-refractivity contribution in [2.45, 2.75) is 19.3 Å². The molecule has 0 N–H and O–H groups in total. The van der Waals surface area contributed by atoms with Gasteiger partial charge in [0.2, 0.25) is 5.28 Å². The predicted molar refractivity (Wildman–Crippen MR) is 190 cm³/mol. The monoisotopic (exact) mass is 611 g/mol. The van der Waals surface area contributed by atoms with E-state index in [0.29, 0.717) is 11.6 Å². The molecule has 1 spiro atoms. The van der Waals surface area contributed by atoms with Crippen LogP contribution in [0.5, 0.6) is 0 Å². The lowest BCUT2D eigenvalue weighted by atomic mass is 9.70. The SMILES string of the molecule is C=C(C)C=CC(=CC)c1cccc(-c2nc(Cl)nc(-c3ccc4c(c3)C3(c5ccccc5-c5ccccc53)c3ccccc3-4)n2)c1.